The molecule has 0 bridgehead atoms. The number of aliphatic carboxylic acids is 1. The first kappa shape index (κ1) is 14.8. The van der Waals surface area contributed by atoms with Crippen molar-refractivity contribution in [2.45, 2.75) is 44.9 Å². The zero-order chi connectivity index (χ0) is 15.7. The first-order valence-electron chi connectivity index (χ1n) is 7.90. The minimum Gasteiger partial charge on any atom is -0.481 e. The van der Waals surface area contributed by atoms with Gasteiger partial charge in [0.15, 0.2) is 0 Å². The lowest BCUT2D eigenvalue weighted by Crippen LogP contribution is -2.34. The summed E-state index contributed by atoms with van der Waals surface area (Å²) in [6, 6.07) is 14.7. The van der Waals surface area contributed by atoms with Crippen LogP contribution >= 0.6 is 0 Å². The molecular weight excluding hydrogens is 272 g/mol. The molecule has 2 heteroatoms. The Hall–Kier alpha value is -2.09. The predicted molar refractivity (Wildman–Crippen MR) is 88.3 cm³/mol. The summed E-state index contributed by atoms with van der Waals surface area (Å²) in [5, 5.41) is 9.92. The third-order valence-electron chi connectivity index (χ3n) is 4.97. The molecule has 2 nitrogen and oxygen atoms in total. The van der Waals surface area contributed by atoms with Crippen LogP contribution in [0.3, 0.4) is 0 Å². The Kier molecular flexibility index (Phi) is 3.78. The normalized spacial score (nSPS) is 19.9. The van der Waals surface area contributed by atoms with Crippen LogP contribution in [0.25, 0.3) is 0 Å². The number of rotatable bonds is 4. The van der Waals surface area contributed by atoms with E-state index in [1.54, 1.807) is 0 Å². The van der Waals surface area contributed by atoms with Crippen molar-refractivity contribution >= 4 is 5.97 Å². The van der Waals surface area contributed by atoms with E-state index in [0.29, 0.717) is 12.8 Å². The molecule has 0 amide bonds. The Balaban J connectivity index is 1.90. The molecule has 0 heterocycles. The second kappa shape index (κ2) is 5.60. The Labute approximate surface area is 131 Å². The number of fused-ring (bicyclic) bond motifs is 1. The molecule has 0 aromatic heterocycles. The number of carboxylic acid groups (broad SMARTS) is 1. The lowest BCUT2D eigenvalue weighted by atomic mass is 9.76. The summed E-state index contributed by atoms with van der Waals surface area (Å²) in [4.78, 5) is 12.1. The summed E-state index contributed by atoms with van der Waals surface area (Å²) in [5.74, 6) is -0.677. The summed E-state index contributed by atoms with van der Waals surface area (Å²) in [6.07, 6.45) is 3.06. The standard InChI is InChI=1S/C20H22O2/c1-14-3-6-16(7-4-14)9-11-20(19(21)22)12-10-17-8-5-15(2)13-18(17)20/h3-8,13H,9-12H2,1-2H3,(H,21,22). The summed E-state index contributed by atoms with van der Waals surface area (Å²) < 4.78 is 0. The number of carboxylic acids is 1. The van der Waals surface area contributed by atoms with Gasteiger partial charge in [0.2, 0.25) is 0 Å². The van der Waals surface area contributed by atoms with E-state index in [4.69, 9.17) is 0 Å². The summed E-state index contributed by atoms with van der Waals surface area (Å²) in [5.41, 5.74) is 5.11. The number of benzene rings is 2. The highest BCUT2D eigenvalue weighted by molar-refractivity contribution is 5.83. The molecule has 1 aliphatic rings. The van der Waals surface area contributed by atoms with E-state index < -0.39 is 11.4 Å². The van der Waals surface area contributed by atoms with Crippen molar-refractivity contribution < 1.29 is 9.90 Å². The largest absolute Gasteiger partial charge is 0.481 e. The van der Waals surface area contributed by atoms with Gasteiger partial charge in [-0.2, -0.15) is 0 Å². The van der Waals surface area contributed by atoms with Crippen molar-refractivity contribution in [3.63, 3.8) is 0 Å². The number of hydrogen-bond acceptors (Lipinski definition) is 1. The van der Waals surface area contributed by atoms with E-state index in [1.807, 2.05) is 6.92 Å². The molecule has 22 heavy (non-hydrogen) atoms. The van der Waals surface area contributed by atoms with E-state index in [0.717, 1.165) is 24.0 Å². The van der Waals surface area contributed by atoms with Crippen molar-refractivity contribution in [1.29, 1.82) is 0 Å². The fourth-order valence-corrected chi connectivity index (χ4v) is 3.54. The minimum absolute atomic E-state index is 0.668. The molecule has 1 atom stereocenters. The molecule has 0 aliphatic heterocycles. The number of carbonyl (C=O) groups is 1. The van der Waals surface area contributed by atoms with Gasteiger partial charge in [-0.25, -0.2) is 0 Å². The Morgan fingerprint density at radius 1 is 1.09 bits per heavy atom. The van der Waals surface area contributed by atoms with Crippen molar-refractivity contribution in [2.75, 3.05) is 0 Å². The molecule has 0 radical (unpaired) electrons. The SMILES string of the molecule is Cc1ccc(CCC2(C(=O)O)CCc3ccc(C)cc32)cc1. The van der Waals surface area contributed by atoms with E-state index in [2.05, 4.69) is 49.4 Å². The van der Waals surface area contributed by atoms with Crippen molar-refractivity contribution in [3.8, 4) is 0 Å². The van der Waals surface area contributed by atoms with Gasteiger partial charge in [0.1, 0.15) is 0 Å². The molecule has 3 rings (SSSR count). The first-order chi connectivity index (χ1) is 10.5. The fourth-order valence-electron chi connectivity index (χ4n) is 3.54. The van der Waals surface area contributed by atoms with Gasteiger partial charge in [-0.3, -0.25) is 4.79 Å². The molecule has 114 valence electrons. The van der Waals surface area contributed by atoms with Gasteiger partial charge < -0.3 is 5.11 Å². The third kappa shape index (κ3) is 2.54. The molecule has 0 saturated carbocycles. The topological polar surface area (TPSA) is 37.3 Å². The monoisotopic (exact) mass is 294 g/mol. The maximum absolute atomic E-state index is 12.1. The van der Waals surface area contributed by atoms with Crippen LogP contribution in [0.1, 0.15) is 40.7 Å². The molecule has 1 unspecified atom stereocenters. The highest BCUT2D eigenvalue weighted by Gasteiger charge is 2.44. The van der Waals surface area contributed by atoms with Crippen molar-refractivity contribution in [1.82, 2.24) is 0 Å². The smallest absolute Gasteiger partial charge is 0.314 e. The molecule has 1 aliphatic carbocycles. The molecular formula is C20H22O2. The molecule has 0 fully saturated rings. The number of aryl methyl sites for hydroxylation is 4. The summed E-state index contributed by atoms with van der Waals surface area (Å²) in [7, 11) is 0. The van der Waals surface area contributed by atoms with E-state index in [-0.39, 0.29) is 0 Å². The molecule has 2 aromatic carbocycles. The lowest BCUT2D eigenvalue weighted by molar-refractivity contribution is -0.144. The van der Waals surface area contributed by atoms with Gasteiger partial charge in [0.05, 0.1) is 5.41 Å². The van der Waals surface area contributed by atoms with Crippen LogP contribution in [-0.4, -0.2) is 11.1 Å². The lowest BCUT2D eigenvalue weighted by Gasteiger charge is -2.26. The zero-order valence-corrected chi connectivity index (χ0v) is 13.2. The second-order valence-electron chi connectivity index (χ2n) is 6.53. The van der Waals surface area contributed by atoms with Gasteiger partial charge in [-0.1, -0.05) is 53.6 Å². The van der Waals surface area contributed by atoms with E-state index in [1.165, 1.54) is 16.7 Å². The van der Waals surface area contributed by atoms with Gasteiger partial charge in [-0.15, -0.1) is 0 Å². The molecule has 1 N–H and O–H groups in total. The van der Waals surface area contributed by atoms with Crippen molar-refractivity contribution in [3.05, 3.63) is 70.3 Å². The predicted octanol–water partition coefficient (Wildman–Crippen LogP) is 4.20. The Bertz CT molecular complexity index is 700. The number of hydrogen-bond donors (Lipinski definition) is 1. The highest BCUT2D eigenvalue weighted by Crippen LogP contribution is 2.43. The quantitative estimate of drug-likeness (QED) is 0.917. The molecule has 0 saturated heterocycles. The van der Waals surface area contributed by atoms with Crippen molar-refractivity contribution in [2.24, 2.45) is 0 Å². The maximum Gasteiger partial charge on any atom is 0.314 e. The van der Waals surface area contributed by atoms with Crippen LogP contribution in [0.5, 0.6) is 0 Å². The average Bonchev–Trinajstić information content (AvgIpc) is 2.86. The fraction of sp³-hybridized carbons (Fsp3) is 0.350. The van der Waals surface area contributed by atoms with Crippen LogP contribution in [0.15, 0.2) is 42.5 Å². The second-order valence-corrected chi connectivity index (χ2v) is 6.53. The molecule has 0 spiro atoms. The first-order valence-corrected chi connectivity index (χ1v) is 7.90. The summed E-state index contributed by atoms with van der Waals surface area (Å²) in [6.45, 7) is 4.10. The van der Waals surface area contributed by atoms with Crippen LogP contribution in [-0.2, 0) is 23.1 Å². The van der Waals surface area contributed by atoms with Gasteiger partial charge >= 0.3 is 5.97 Å². The van der Waals surface area contributed by atoms with Gasteiger partial charge in [0.25, 0.3) is 0 Å². The minimum atomic E-state index is -0.716. The Morgan fingerprint density at radius 2 is 1.77 bits per heavy atom. The van der Waals surface area contributed by atoms with Gasteiger partial charge in [-0.05, 0) is 56.2 Å². The van der Waals surface area contributed by atoms with E-state index >= 15 is 0 Å². The average molecular weight is 294 g/mol. The van der Waals surface area contributed by atoms with Crippen LogP contribution < -0.4 is 0 Å². The zero-order valence-electron chi connectivity index (χ0n) is 13.2. The Morgan fingerprint density at radius 3 is 2.45 bits per heavy atom. The van der Waals surface area contributed by atoms with E-state index in [9.17, 15) is 9.90 Å². The highest BCUT2D eigenvalue weighted by atomic mass is 16.4. The third-order valence-corrected chi connectivity index (χ3v) is 4.97. The van der Waals surface area contributed by atoms with Crippen LogP contribution in [0.2, 0.25) is 0 Å². The van der Waals surface area contributed by atoms with Crippen LogP contribution in [0.4, 0.5) is 0 Å². The van der Waals surface area contributed by atoms with Crippen LogP contribution in [0, 0.1) is 13.8 Å². The maximum atomic E-state index is 12.1. The summed E-state index contributed by atoms with van der Waals surface area (Å²) >= 11 is 0. The van der Waals surface area contributed by atoms with Gasteiger partial charge in [0, 0.05) is 0 Å². The molecule has 2 aromatic rings.